The van der Waals surface area contributed by atoms with Crippen LogP contribution in [0, 0.1) is 0 Å². The second-order valence-electron chi connectivity index (χ2n) is 10.9. The van der Waals surface area contributed by atoms with Crippen LogP contribution in [0.1, 0.15) is 46.2 Å². The molecule has 0 unspecified atom stereocenters. The van der Waals surface area contributed by atoms with Gasteiger partial charge in [-0.1, -0.05) is 149 Å². The van der Waals surface area contributed by atoms with E-state index in [-0.39, 0.29) is 0 Å². The standard InChI is InChI=1S/C38H26Br4/c39-29-13-5-9-25(21-29)37(26-10-6-14-30(40)22-26)33-17-1-2-18-34(33)38(27-11-7-15-31(41)23-27,28-12-8-16-32(42)24-28)36-20-4-3-19-35(36)37/h1-3,5-19,21-24H,4,20H2. The van der Waals surface area contributed by atoms with Crippen LogP contribution in [-0.2, 0) is 10.8 Å². The highest BCUT2D eigenvalue weighted by Gasteiger charge is 2.54. The van der Waals surface area contributed by atoms with Crippen molar-refractivity contribution in [2.75, 3.05) is 0 Å². The lowest BCUT2D eigenvalue weighted by molar-refractivity contribution is 0.575. The van der Waals surface area contributed by atoms with Gasteiger partial charge in [-0.25, -0.2) is 0 Å². The molecule has 0 spiro atoms. The first-order chi connectivity index (χ1) is 20.5. The van der Waals surface area contributed by atoms with Crippen molar-refractivity contribution < 1.29 is 0 Å². The predicted molar refractivity (Wildman–Crippen MR) is 188 cm³/mol. The van der Waals surface area contributed by atoms with E-state index in [0.29, 0.717) is 0 Å². The highest BCUT2D eigenvalue weighted by molar-refractivity contribution is 9.11. The molecular weight excluding hydrogens is 776 g/mol. The summed E-state index contributed by atoms with van der Waals surface area (Å²) in [6.45, 7) is 0. The SMILES string of the molecule is Brc1cccc(C2(c3cccc(Br)c3)C3=C(CCC=C3)C(c3cccc(Br)c3)(c3cccc(Br)c3)c3ccccc32)c1. The van der Waals surface area contributed by atoms with Gasteiger partial charge in [-0.15, -0.1) is 0 Å². The Kier molecular flexibility index (Phi) is 7.55. The van der Waals surface area contributed by atoms with E-state index in [4.69, 9.17) is 0 Å². The number of halogens is 4. The Labute approximate surface area is 281 Å². The van der Waals surface area contributed by atoms with Crippen molar-refractivity contribution in [1.82, 2.24) is 0 Å². The number of fused-ring (bicyclic) bond motifs is 1. The van der Waals surface area contributed by atoms with Crippen LogP contribution in [0.5, 0.6) is 0 Å². The quantitative estimate of drug-likeness (QED) is 0.170. The summed E-state index contributed by atoms with van der Waals surface area (Å²) in [7, 11) is 0. The van der Waals surface area contributed by atoms with Gasteiger partial charge in [-0.2, -0.15) is 0 Å². The summed E-state index contributed by atoms with van der Waals surface area (Å²) in [6.07, 6.45) is 6.74. The molecule has 2 aliphatic carbocycles. The lowest BCUT2D eigenvalue weighted by Gasteiger charge is -2.52. The van der Waals surface area contributed by atoms with E-state index in [0.717, 1.165) is 30.7 Å². The summed E-state index contributed by atoms with van der Waals surface area (Å²) in [6, 6.07) is 44.7. The fourth-order valence-corrected chi connectivity index (χ4v) is 8.95. The lowest BCUT2D eigenvalue weighted by atomic mass is 9.49. The zero-order valence-corrected chi connectivity index (χ0v) is 29.0. The molecule has 0 nitrogen and oxygen atoms in total. The average Bonchev–Trinajstić information content (AvgIpc) is 3.00. The Bertz CT molecular complexity index is 1810. The molecule has 2 aliphatic rings. The van der Waals surface area contributed by atoms with Gasteiger partial charge in [0, 0.05) is 17.9 Å². The molecule has 0 amide bonds. The second kappa shape index (κ2) is 11.2. The molecule has 0 fully saturated rings. The maximum absolute atomic E-state index is 3.83. The smallest absolute Gasteiger partial charge is 0.0705 e. The van der Waals surface area contributed by atoms with Crippen molar-refractivity contribution in [3.8, 4) is 0 Å². The summed E-state index contributed by atoms with van der Waals surface area (Å²) in [5, 5.41) is 0. The van der Waals surface area contributed by atoms with Crippen molar-refractivity contribution in [2.24, 2.45) is 0 Å². The van der Waals surface area contributed by atoms with Gasteiger partial charge >= 0.3 is 0 Å². The average molecular weight is 802 g/mol. The minimum atomic E-state index is -0.516. The molecule has 206 valence electrons. The zero-order valence-electron chi connectivity index (χ0n) is 22.6. The van der Waals surface area contributed by atoms with Gasteiger partial charge in [0.1, 0.15) is 0 Å². The molecule has 0 saturated heterocycles. The molecule has 0 aliphatic heterocycles. The van der Waals surface area contributed by atoms with Crippen molar-refractivity contribution in [2.45, 2.75) is 23.7 Å². The van der Waals surface area contributed by atoms with Crippen LogP contribution in [-0.4, -0.2) is 0 Å². The first-order valence-electron chi connectivity index (χ1n) is 14.0. The summed E-state index contributed by atoms with van der Waals surface area (Å²) in [5.74, 6) is 0. The van der Waals surface area contributed by atoms with Crippen molar-refractivity contribution in [3.05, 3.63) is 196 Å². The van der Waals surface area contributed by atoms with Crippen LogP contribution in [0.25, 0.3) is 0 Å². The Morgan fingerprint density at radius 3 is 1.29 bits per heavy atom. The summed E-state index contributed by atoms with van der Waals surface area (Å²) in [4.78, 5) is 0. The van der Waals surface area contributed by atoms with E-state index in [1.165, 1.54) is 44.5 Å². The minimum Gasteiger partial charge on any atom is -0.0839 e. The Hall–Kier alpha value is -2.50. The van der Waals surface area contributed by atoms with Crippen LogP contribution in [0.15, 0.2) is 163 Å². The molecule has 0 aromatic heterocycles. The first kappa shape index (κ1) is 28.3. The van der Waals surface area contributed by atoms with Gasteiger partial charge in [0.15, 0.2) is 0 Å². The topological polar surface area (TPSA) is 0 Å². The lowest BCUT2D eigenvalue weighted by Crippen LogP contribution is -2.46. The van der Waals surface area contributed by atoms with E-state index in [1.54, 1.807) is 0 Å². The number of hydrogen-bond acceptors (Lipinski definition) is 0. The first-order valence-corrected chi connectivity index (χ1v) is 17.2. The van der Waals surface area contributed by atoms with E-state index < -0.39 is 10.8 Å². The van der Waals surface area contributed by atoms with Gasteiger partial charge < -0.3 is 0 Å². The Morgan fingerprint density at radius 2 is 0.857 bits per heavy atom. The largest absolute Gasteiger partial charge is 0.0839 e. The fraction of sp³-hybridized carbons (Fsp3) is 0.105. The summed E-state index contributed by atoms with van der Waals surface area (Å²) >= 11 is 15.3. The molecule has 7 rings (SSSR count). The Morgan fingerprint density at radius 1 is 0.452 bits per heavy atom. The van der Waals surface area contributed by atoms with Crippen LogP contribution < -0.4 is 0 Å². The molecule has 42 heavy (non-hydrogen) atoms. The maximum Gasteiger partial charge on any atom is 0.0705 e. The third-order valence-electron chi connectivity index (χ3n) is 8.79. The molecule has 4 heteroatoms. The molecule has 0 saturated carbocycles. The molecular formula is C38H26Br4. The number of allylic oxidation sites excluding steroid dienone is 4. The normalized spacial score (nSPS) is 16.6. The van der Waals surface area contributed by atoms with Crippen molar-refractivity contribution in [3.63, 3.8) is 0 Å². The highest BCUT2D eigenvalue weighted by atomic mass is 79.9. The van der Waals surface area contributed by atoms with Gasteiger partial charge in [0.05, 0.1) is 10.8 Å². The zero-order chi connectivity index (χ0) is 28.9. The Balaban J connectivity index is 1.74. The van der Waals surface area contributed by atoms with Gasteiger partial charge in [-0.05, 0) is 106 Å². The van der Waals surface area contributed by atoms with E-state index in [2.05, 4.69) is 197 Å². The maximum atomic E-state index is 3.83. The molecule has 0 atom stereocenters. The summed E-state index contributed by atoms with van der Waals surface area (Å²) < 4.78 is 4.31. The number of rotatable bonds is 4. The number of hydrogen-bond donors (Lipinski definition) is 0. The van der Waals surface area contributed by atoms with E-state index in [9.17, 15) is 0 Å². The monoisotopic (exact) mass is 798 g/mol. The van der Waals surface area contributed by atoms with Crippen molar-refractivity contribution >= 4 is 63.7 Å². The molecule has 5 aromatic carbocycles. The minimum absolute atomic E-state index is 0.480. The molecule has 0 heterocycles. The van der Waals surface area contributed by atoms with Gasteiger partial charge in [-0.3, -0.25) is 0 Å². The van der Waals surface area contributed by atoms with E-state index in [1.807, 2.05) is 0 Å². The molecule has 0 N–H and O–H groups in total. The van der Waals surface area contributed by atoms with Crippen LogP contribution >= 0.6 is 63.7 Å². The molecule has 0 bridgehead atoms. The van der Waals surface area contributed by atoms with Crippen LogP contribution in [0.2, 0.25) is 0 Å². The van der Waals surface area contributed by atoms with Crippen molar-refractivity contribution in [1.29, 1.82) is 0 Å². The molecule has 5 aromatic rings. The van der Waals surface area contributed by atoms with Crippen LogP contribution in [0.4, 0.5) is 0 Å². The predicted octanol–water partition coefficient (Wildman–Crippen LogP) is 12.1. The third-order valence-corrected chi connectivity index (χ3v) is 10.8. The number of benzene rings is 5. The summed E-state index contributed by atoms with van der Waals surface area (Å²) in [5.41, 5.74) is 9.44. The molecule has 0 radical (unpaired) electrons. The third kappa shape index (κ3) is 4.32. The fourth-order valence-electron chi connectivity index (χ4n) is 7.35. The highest BCUT2D eigenvalue weighted by Crippen LogP contribution is 2.62. The van der Waals surface area contributed by atoms with Gasteiger partial charge in [0.25, 0.3) is 0 Å². The van der Waals surface area contributed by atoms with Gasteiger partial charge in [0.2, 0.25) is 0 Å². The van der Waals surface area contributed by atoms with Crippen LogP contribution in [0.3, 0.4) is 0 Å². The van der Waals surface area contributed by atoms with E-state index >= 15 is 0 Å². The second-order valence-corrected chi connectivity index (χ2v) is 14.6.